The standard InChI is InChI=1S/C28H15N3S2/c1-3-9-20-18(7-1)26-25(28-27(33-26)19-8-2-4-10-21(19)32-28)31(20)22-14-13-17-12-11-16-6-5-15-29-23(16)24(17)30-22/h1-15H. The molecule has 0 unspecified atom stereocenters. The lowest BCUT2D eigenvalue weighted by Crippen LogP contribution is -1.98. The molecule has 8 rings (SSSR count). The van der Waals surface area contributed by atoms with Crippen LogP contribution < -0.4 is 0 Å². The number of nitrogens with zero attached hydrogens (tertiary/aromatic N) is 3. The first-order chi connectivity index (χ1) is 16.4. The maximum Gasteiger partial charge on any atom is 0.138 e. The summed E-state index contributed by atoms with van der Waals surface area (Å²) in [5.74, 6) is 0.934. The number of pyridine rings is 2. The Kier molecular flexibility index (Phi) is 3.42. The van der Waals surface area contributed by atoms with Crippen LogP contribution in [0.4, 0.5) is 0 Å². The van der Waals surface area contributed by atoms with Crippen molar-refractivity contribution in [1.29, 1.82) is 0 Å². The van der Waals surface area contributed by atoms with E-state index in [1.165, 1.54) is 40.6 Å². The van der Waals surface area contributed by atoms with Gasteiger partial charge >= 0.3 is 0 Å². The van der Waals surface area contributed by atoms with E-state index in [1.807, 2.05) is 34.9 Å². The highest BCUT2D eigenvalue weighted by Gasteiger charge is 2.21. The van der Waals surface area contributed by atoms with E-state index in [-0.39, 0.29) is 0 Å². The molecule has 5 aromatic heterocycles. The Labute approximate surface area is 196 Å². The van der Waals surface area contributed by atoms with Gasteiger partial charge in [-0.15, -0.1) is 22.7 Å². The number of para-hydroxylation sites is 1. The van der Waals surface area contributed by atoms with Crippen molar-refractivity contribution in [1.82, 2.24) is 14.5 Å². The van der Waals surface area contributed by atoms with Gasteiger partial charge in [0.05, 0.1) is 36.2 Å². The molecule has 0 aliphatic heterocycles. The van der Waals surface area contributed by atoms with Crippen molar-refractivity contribution in [3.05, 3.63) is 91.1 Å². The summed E-state index contributed by atoms with van der Waals surface area (Å²) in [5, 5.41) is 4.84. The summed E-state index contributed by atoms with van der Waals surface area (Å²) in [7, 11) is 0. The number of hydrogen-bond donors (Lipinski definition) is 0. The van der Waals surface area contributed by atoms with Crippen LogP contribution in [-0.2, 0) is 0 Å². The molecule has 0 N–H and O–H groups in total. The summed E-state index contributed by atoms with van der Waals surface area (Å²) < 4.78 is 7.72. The molecule has 0 bridgehead atoms. The fourth-order valence-corrected chi connectivity index (χ4v) is 7.75. The fraction of sp³-hybridized carbons (Fsp3) is 0. The van der Waals surface area contributed by atoms with Gasteiger partial charge in [-0.2, -0.15) is 0 Å². The first kappa shape index (κ1) is 17.7. The molecule has 0 aliphatic carbocycles. The van der Waals surface area contributed by atoms with Crippen LogP contribution in [0.5, 0.6) is 0 Å². The van der Waals surface area contributed by atoms with Gasteiger partial charge in [0.1, 0.15) is 5.82 Å². The third-order valence-corrected chi connectivity index (χ3v) is 9.00. The van der Waals surface area contributed by atoms with Crippen molar-refractivity contribution in [2.24, 2.45) is 0 Å². The number of fused-ring (bicyclic) bond motifs is 10. The lowest BCUT2D eigenvalue weighted by atomic mass is 10.1. The molecule has 3 aromatic carbocycles. The molecule has 0 aliphatic rings. The van der Waals surface area contributed by atoms with Gasteiger partial charge in [0.2, 0.25) is 0 Å². The Morgan fingerprint density at radius 1 is 0.606 bits per heavy atom. The first-order valence-electron chi connectivity index (χ1n) is 10.8. The van der Waals surface area contributed by atoms with Crippen LogP contribution >= 0.6 is 22.7 Å². The number of aromatic nitrogens is 3. The lowest BCUT2D eigenvalue weighted by Gasteiger charge is -2.09. The second-order valence-electron chi connectivity index (χ2n) is 8.27. The van der Waals surface area contributed by atoms with E-state index in [0.717, 1.165) is 27.6 Å². The Balaban J connectivity index is 1.56. The Morgan fingerprint density at radius 3 is 2.33 bits per heavy atom. The predicted octanol–water partition coefficient (Wildman–Crippen LogP) is 8.31. The van der Waals surface area contributed by atoms with E-state index in [0.29, 0.717) is 0 Å². The Morgan fingerprint density at radius 2 is 1.39 bits per heavy atom. The third-order valence-electron chi connectivity index (χ3n) is 6.44. The second-order valence-corrected chi connectivity index (χ2v) is 10.3. The third kappa shape index (κ3) is 2.33. The van der Waals surface area contributed by atoms with Crippen LogP contribution in [0.1, 0.15) is 0 Å². The van der Waals surface area contributed by atoms with Gasteiger partial charge in [0.15, 0.2) is 0 Å². The Bertz CT molecular complexity index is 2040. The normalized spacial score (nSPS) is 12.2. The highest BCUT2D eigenvalue weighted by atomic mass is 32.1. The summed E-state index contributed by atoms with van der Waals surface area (Å²) in [6.07, 6.45) is 1.85. The monoisotopic (exact) mass is 457 g/mol. The molecular weight excluding hydrogens is 442 g/mol. The average Bonchev–Trinajstić information content (AvgIpc) is 3.51. The number of rotatable bonds is 1. The van der Waals surface area contributed by atoms with Gasteiger partial charge in [0, 0.05) is 32.4 Å². The molecule has 0 amide bonds. The summed E-state index contributed by atoms with van der Waals surface area (Å²) in [4.78, 5) is 9.85. The first-order valence-corrected chi connectivity index (χ1v) is 12.5. The minimum absolute atomic E-state index is 0.934. The zero-order valence-corrected chi connectivity index (χ0v) is 19.0. The smallest absolute Gasteiger partial charge is 0.138 e. The fourth-order valence-electron chi connectivity index (χ4n) is 4.98. The van der Waals surface area contributed by atoms with Gasteiger partial charge in [-0.1, -0.05) is 54.6 Å². The number of benzene rings is 3. The topological polar surface area (TPSA) is 30.7 Å². The van der Waals surface area contributed by atoms with E-state index in [9.17, 15) is 0 Å². The van der Waals surface area contributed by atoms with Gasteiger partial charge in [-0.3, -0.25) is 9.55 Å². The van der Waals surface area contributed by atoms with Gasteiger partial charge in [-0.25, -0.2) is 4.98 Å². The minimum atomic E-state index is 0.934. The van der Waals surface area contributed by atoms with Gasteiger partial charge in [-0.05, 0) is 30.3 Å². The average molecular weight is 458 g/mol. The quantitative estimate of drug-likeness (QED) is 0.232. The summed E-state index contributed by atoms with van der Waals surface area (Å²) in [6, 6.07) is 30.0. The zero-order valence-electron chi connectivity index (χ0n) is 17.3. The molecular formula is C28H15N3S2. The van der Waals surface area contributed by atoms with Crippen LogP contribution in [0.2, 0.25) is 0 Å². The van der Waals surface area contributed by atoms with Crippen molar-refractivity contribution in [2.75, 3.05) is 0 Å². The van der Waals surface area contributed by atoms with Crippen molar-refractivity contribution < 1.29 is 0 Å². The van der Waals surface area contributed by atoms with Crippen molar-refractivity contribution in [3.63, 3.8) is 0 Å². The largest absolute Gasteiger partial charge is 0.291 e. The van der Waals surface area contributed by atoms with Gasteiger partial charge in [0.25, 0.3) is 0 Å². The van der Waals surface area contributed by atoms with Crippen LogP contribution in [0, 0.1) is 0 Å². The van der Waals surface area contributed by atoms with E-state index in [4.69, 9.17) is 4.98 Å². The van der Waals surface area contributed by atoms with Crippen LogP contribution in [0.15, 0.2) is 91.1 Å². The predicted molar refractivity (Wildman–Crippen MR) is 142 cm³/mol. The van der Waals surface area contributed by atoms with Crippen molar-refractivity contribution >= 4 is 85.1 Å². The highest BCUT2D eigenvalue weighted by Crippen LogP contribution is 2.48. The highest BCUT2D eigenvalue weighted by molar-refractivity contribution is 7.37. The molecule has 0 spiro atoms. The van der Waals surface area contributed by atoms with Gasteiger partial charge < -0.3 is 0 Å². The van der Waals surface area contributed by atoms with E-state index >= 15 is 0 Å². The van der Waals surface area contributed by atoms with E-state index < -0.39 is 0 Å². The maximum atomic E-state index is 5.20. The molecule has 0 saturated carbocycles. The van der Waals surface area contributed by atoms with E-state index in [1.54, 1.807) is 0 Å². The molecule has 154 valence electrons. The molecule has 5 heterocycles. The zero-order chi connectivity index (χ0) is 21.5. The van der Waals surface area contributed by atoms with Crippen molar-refractivity contribution in [2.45, 2.75) is 0 Å². The number of thiophene rings is 2. The van der Waals surface area contributed by atoms with Crippen LogP contribution in [0.25, 0.3) is 68.2 Å². The summed E-state index contributed by atoms with van der Waals surface area (Å²) >= 11 is 3.78. The molecule has 33 heavy (non-hydrogen) atoms. The summed E-state index contributed by atoms with van der Waals surface area (Å²) in [5.41, 5.74) is 4.34. The maximum absolute atomic E-state index is 5.20. The minimum Gasteiger partial charge on any atom is -0.291 e. The second kappa shape index (κ2) is 6.38. The van der Waals surface area contributed by atoms with Crippen LogP contribution in [0.3, 0.4) is 0 Å². The van der Waals surface area contributed by atoms with E-state index in [2.05, 4.69) is 88.4 Å². The molecule has 0 radical (unpaired) electrons. The molecule has 8 aromatic rings. The molecule has 5 heteroatoms. The molecule has 0 atom stereocenters. The molecule has 0 saturated heterocycles. The lowest BCUT2D eigenvalue weighted by molar-refractivity contribution is 1.11. The van der Waals surface area contributed by atoms with Crippen molar-refractivity contribution in [3.8, 4) is 5.82 Å². The number of hydrogen-bond acceptors (Lipinski definition) is 4. The molecule has 3 nitrogen and oxygen atoms in total. The Hall–Kier alpha value is -3.80. The van der Waals surface area contributed by atoms with Crippen LogP contribution in [-0.4, -0.2) is 14.5 Å². The summed E-state index contributed by atoms with van der Waals surface area (Å²) in [6.45, 7) is 0. The molecule has 0 fully saturated rings. The SMILES string of the molecule is c1cnc2c(c1)ccc1ccc(-n3c4ccccc4c4sc5c6ccccc6sc5c43)nc12.